The Hall–Kier alpha value is -0.990. The van der Waals surface area contributed by atoms with Crippen molar-refractivity contribution in [1.29, 1.82) is 0 Å². The largest absolute Gasteiger partial charge is 0.360 e. The fraction of sp³-hybridized carbons (Fsp3) is 0.429. The van der Waals surface area contributed by atoms with Gasteiger partial charge in [-0.1, -0.05) is 11.6 Å². The van der Waals surface area contributed by atoms with Crippen molar-refractivity contribution >= 4 is 22.5 Å². The van der Waals surface area contributed by atoms with Crippen LogP contribution in [0.15, 0.2) is 18.3 Å². The molecule has 3 heteroatoms. The first-order chi connectivity index (χ1) is 8.07. The number of nitrogens with one attached hydrogen (secondary N) is 1. The van der Waals surface area contributed by atoms with Crippen LogP contribution < -0.4 is 5.73 Å². The van der Waals surface area contributed by atoms with E-state index in [1.165, 1.54) is 29.4 Å². The average Bonchev–Trinajstić information content (AvgIpc) is 2.86. The van der Waals surface area contributed by atoms with E-state index in [9.17, 15) is 0 Å². The first-order valence-corrected chi connectivity index (χ1v) is 6.50. The summed E-state index contributed by atoms with van der Waals surface area (Å²) in [6.45, 7) is 2.08. The second-order valence-electron chi connectivity index (χ2n) is 5.35. The van der Waals surface area contributed by atoms with Gasteiger partial charge in [-0.15, -0.1) is 0 Å². The van der Waals surface area contributed by atoms with Gasteiger partial charge in [0, 0.05) is 17.1 Å². The zero-order valence-corrected chi connectivity index (χ0v) is 10.8. The predicted molar refractivity (Wildman–Crippen MR) is 72.5 cm³/mol. The number of aryl methyl sites for hydroxylation is 2. The van der Waals surface area contributed by atoms with Crippen LogP contribution in [0.3, 0.4) is 0 Å². The van der Waals surface area contributed by atoms with E-state index in [1.54, 1.807) is 0 Å². The van der Waals surface area contributed by atoms with Gasteiger partial charge in [0.2, 0.25) is 0 Å². The highest BCUT2D eigenvalue weighted by Gasteiger charge is 2.37. The van der Waals surface area contributed by atoms with Crippen LogP contribution in [0.2, 0.25) is 5.02 Å². The zero-order valence-electron chi connectivity index (χ0n) is 10.0. The van der Waals surface area contributed by atoms with Gasteiger partial charge in [0.15, 0.2) is 0 Å². The lowest BCUT2D eigenvalue weighted by molar-refractivity contribution is 0.610. The summed E-state index contributed by atoms with van der Waals surface area (Å²) in [7, 11) is 0. The number of nitrogens with two attached hydrogens (primary N) is 1. The maximum atomic E-state index is 6.22. The van der Waals surface area contributed by atoms with Crippen LogP contribution in [-0.2, 0) is 6.42 Å². The van der Waals surface area contributed by atoms with Crippen molar-refractivity contribution in [3.05, 3.63) is 34.5 Å². The number of aromatic amines is 1. The van der Waals surface area contributed by atoms with Crippen LogP contribution in [-0.4, -0.2) is 10.5 Å². The highest BCUT2D eigenvalue weighted by Crippen LogP contribution is 2.37. The standard InChI is InChI=1S/C14H17ClN2/c1-9-6-11-10(2-3-14(16)4-5-14)8-17-13(11)12(15)7-9/h6-8,17H,2-5,16H2,1H3. The maximum absolute atomic E-state index is 6.22. The average molecular weight is 249 g/mol. The fourth-order valence-electron chi connectivity index (χ4n) is 2.38. The van der Waals surface area contributed by atoms with Crippen molar-refractivity contribution in [3.63, 3.8) is 0 Å². The van der Waals surface area contributed by atoms with Gasteiger partial charge in [0.05, 0.1) is 10.5 Å². The van der Waals surface area contributed by atoms with Crippen LogP contribution in [0, 0.1) is 6.92 Å². The van der Waals surface area contributed by atoms with Gasteiger partial charge in [-0.2, -0.15) is 0 Å². The molecule has 1 saturated carbocycles. The Kier molecular flexibility index (Phi) is 2.46. The van der Waals surface area contributed by atoms with Crippen molar-refractivity contribution in [2.75, 3.05) is 0 Å². The molecule has 1 fully saturated rings. The molecular weight excluding hydrogens is 232 g/mol. The molecule has 0 aliphatic heterocycles. The summed E-state index contributed by atoms with van der Waals surface area (Å²) in [5.41, 5.74) is 9.84. The molecule has 90 valence electrons. The first kappa shape index (κ1) is 11.1. The van der Waals surface area contributed by atoms with Crippen LogP contribution in [0.1, 0.15) is 30.4 Å². The van der Waals surface area contributed by atoms with E-state index in [2.05, 4.69) is 24.2 Å². The molecular formula is C14H17ClN2. The summed E-state index contributed by atoms with van der Waals surface area (Å²) in [5.74, 6) is 0. The van der Waals surface area contributed by atoms with E-state index in [-0.39, 0.29) is 5.54 Å². The molecule has 0 unspecified atom stereocenters. The van der Waals surface area contributed by atoms with E-state index in [4.69, 9.17) is 17.3 Å². The molecule has 1 aliphatic rings. The minimum atomic E-state index is 0.122. The minimum Gasteiger partial charge on any atom is -0.360 e. The zero-order chi connectivity index (χ0) is 12.0. The van der Waals surface area contributed by atoms with Crippen LogP contribution in [0.4, 0.5) is 0 Å². The number of benzene rings is 1. The van der Waals surface area contributed by atoms with Crippen LogP contribution in [0.25, 0.3) is 10.9 Å². The smallest absolute Gasteiger partial charge is 0.0649 e. The monoisotopic (exact) mass is 248 g/mol. The Labute approximate surface area is 106 Å². The van der Waals surface area contributed by atoms with Gasteiger partial charge >= 0.3 is 0 Å². The van der Waals surface area contributed by atoms with Gasteiger partial charge in [0.25, 0.3) is 0 Å². The summed E-state index contributed by atoms with van der Waals surface area (Å²) < 4.78 is 0. The van der Waals surface area contributed by atoms with E-state index in [1.807, 2.05) is 6.07 Å². The molecule has 0 amide bonds. The quantitative estimate of drug-likeness (QED) is 0.857. The van der Waals surface area contributed by atoms with Crippen LogP contribution in [0.5, 0.6) is 0 Å². The third kappa shape index (κ3) is 2.07. The molecule has 17 heavy (non-hydrogen) atoms. The van der Waals surface area contributed by atoms with E-state index in [0.717, 1.165) is 23.4 Å². The lowest BCUT2D eigenvalue weighted by Gasteiger charge is -2.07. The van der Waals surface area contributed by atoms with E-state index in [0.29, 0.717) is 0 Å². The van der Waals surface area contributed by atoms with E-state index < -0.39 is 0 Å². The molecule has 2 aromatic rings. The Morgan fingerprint density at radius 2 is 2.18 bits per heavy atom. The van der Waals surface area contributed by atoms with Gasteiger partial charge in [-0.05, 0) is 55.9 Å². The first-order valence-electron chi connectivity index (χ1n) is 6.12. The number of H-pyrrole nitrogens is 1. The number of fused-ring (bicyclic) bond motifs is 1. The molecule has 1 aromatic heterocycles. The van der Waals surface area contributed by atoms with Gasteiger partial charge < -0.3 is 10.7 Å². The Morgan fingerprint density at radius 1 is 1.41 bits per heavy atom. The second kappa shape index (κ2) is 3.76. The second-order valence-corrected chi connectivity index (χ2v) is 5.75. The molecule has 0 radical (unpaired) electrons. The molecule has 1 aromatic carbocycles. The van der Waals surface area contributed by atoms with Gasteiger partial charge in [-0.25, -0.2) is 0 Å². The Balaban J connectivity index is 1.93. The molecule has 0 bridgehead atoms. The summed E-state index contributed by atoms with van der Waals surface area (Å²) >= 11 is 6.22. The van der Waals surface area contributed by atoms with Crippen molar-refractivity contribution in [1.82, 2.24) is 4.98 Å². The molecule has 3 N–H and O–H groups in total. The molecule has 3 rings (SSSR count). The highest BCUT2D eigenvalue weighted by atomic mass is 35.5. The third-order valence-corrected chi connectivity index (χ3v) is 4.05. The molecule has 2 nitrogen and oxygen atoms in total. The van der Waals surface area contributed by atoms with Crippen molar-refractivity contribution in [2.45, 2.75) is 38.1 Å². The topological polar surface area (TPSA) is 41.8 Å². The van der Waals surface area contributed by atoms with Crippen molar-refractivity contribution < 1.29 is 0 Å². The number of halogens is 1. The number of hydrogen-bond acceptors (Lipinski definition) is 1. The highest BCUT2D eigenvalue weighted by molar-refractivity contribution is 6.35. The summed E-state index contributed by atoms with van der Waals surface area (Å²) in [6.07, 6.45) is 6.54. The lowest BCUT2D eigenvalue weighted by atomic mass is 10.0. The minimum absolute atomic E-state index is 0.122. The normalized spacial score (nSPS) is 17.6. The number of aromatic nitrogens is 1. The molecule has 0 spiro atoms. The van der Waals surface area contributed by atoms with Crippen molar-refractivity contribution in [3.8, 4) is 0 Å². The SMILES string of the molecule is Cc1cc(Cl)c2[nH]cc(CCC3(N)CC3)c2c1. The molecule has 1 aliphatic carbocycles. The van der Waals surface area contributed by atoms with Crippen LogP contribution >= 0.6 is 11.6 Å². The molecule has 0 saturated heterocycles. The fourth-order valence-corrected chi connectivity index (χ4v) is 2.71. The number of rotatable bonds is 3. The predicted octanol–water partition coefficient (Wildman–Crippen LogP) is 3.55. The Morgan fingerprint density at radius 3 is 2.88 bits per heavy atom. The van der Waals surface area contributed by atoms with Gasteiger partial charge in [0.1, 0.15) is 0 Å². The lowest BCUT2D eigenvalue weighted by Crippen LogP contribution is -2.21. The maximum Gasteiger partial charge on any atom is 0.0649 e. The van der Waals surface area contributed by atoms with Gasteiger partial charge in [-0.3, -0.25) is 0 Å². The Bertz CT molecular complexity index is 567. The summed E-state index contributed by atoms with van der Waals surface area (Å²) in [5, 5.41) is 2.05. The molecule has 1 heterocycles. The summed E-state index contributed by atoms with van der Waals surface area (Å²) in [4.78, 5) is 3.27. The number of hydrogen-bond donors (Lipinski definition) is 2. The molecule has 0 atom stereocenters. The third-order valence-electron chi connectivity index (χ3n) is 3.76. The van der Waals surface area contributed by atoms with E-state index >= 15 is 0 Å². The van der Waals surface area contributed by atoms with Crippen molar-refractivity contribution in [2.24, 2.45) is 5.73 Å². The summed E-state index contributed by atoms with van der Waals surface area (Å²) in [6, 6.07) is 4.19.